The van der Waals surface area contributed by atoms with Crippen molar-refractivity contribution < 1.29 is 32.7 Å². The summed E-state index contributed by atoms with van der Waals surface area (Å²) in [5.41, 5.74) is 3.30. The van der Waals surface area contributed by atoms with Gasteiger partial charge in [0, 0.05) is 23.1 Å². The molecule has 1 aliphatic rings. The lowest BCUT2D eigenvalue weighted by molar-refractivity contribution is -0.169. The molecule has 240 valence electrons. The molecule has 2 amide bonds. The second-order valence-electron chi connectivity index (χ2n) is 10.8. The molecule has 0 bridgehead atoms. The lowest BCUT2D eigenvalue weighted by Crippen LogP contribution is -2.38. The average molecular weight is 698 g/mol. The molecule has 46 heavy (non-hydrogen) atoms. The van der Waals surface area contributed by atoms with E-state index in [1.165, 1.54) is 25.3 Å². The summed E-state index contributed by atoms with van der Waals surface area (Å²) in [6.45, 7) is 1.92. The Hall–Kier alpha value is -4.58. The number of carbonyl (C=O) groups is 2. The summed E-state index contributed by atoms with van der Waals surface area (Å²) in [4.78, 5) is 29.1. The fourth-order valence-electron chi connectivity index (χ4n) is 5.84. The van der Waals surface area contributed by atoms with E-state index in [1.807, 2.05) is 60.7 Å². The van der Waals surface area contributed by atoms with E-state index in [1.54, 1.807) is 17.0 Å². The Morgan fingerprint density at radius 3 is 2.35 bits per heavy atom. The predicted octanol–water partition coefficient (Wildman–Crippen LogP) is 8.16. The van der Waals surface area contributed by atoms with Crippen LogP contribution in [-0.2, 0) is 22.6 Å². The van der Waals surface area contributed by atoms with E-state index in [0.29, 0.717) is 47.5 Å². The first kappa shape index (κ1) is 32.8. The van der Waals surface area contributed by atoms with Crippen molar-refractivity contribution >= 4 is 33.6 Å². The second-order valence-corrected chi connectivity index (χ2v) is 11.6. The van der Waals surface area contributed by atoms with Crippen LogP contribution in [0, 0.1) is 0 Å². The highest BCUT2D eigenvalue weighted by molar-refractivity contribution is 9.10. The van der Waals surface area contributed by atoms with E-state index in [-0.39, 0.29) is 16.8 Å². The molecule has 0 spiro atoms. The number of anilines is 1. The van der Waals surface area contributed by atoms with Crippen LogP contribution in [0.5, 0.6) is 0 Å². The molecule has 3 aromatic carbocycles. The van der Waals surface area contributed by atoms with Gasteiger partial charge in [-0.05, 0) is 76.5 Å². The van der Waals surface area contributed by atoms with E-state index in [4.69, 9.17) is 4.74 Å². The van der Waals surface area contributed by atoms with Crippen LogP contribution in [0.15, 0.2) is 102 Å². The normalized spacial score (nSPS) is 15.7. The fraction of sp³-hybridized carbons (Fsp3) is 0.265. The van der Waals surface area contributed by atoms with Gasteiger partial charge in [0.25, 0.3) is 0 Å². The Bertz CT molecular complexity index is 1700. The molecular formula is C34H32BrF3N4O4. The lowest BCUT2D eigenvalue weighted by atomic mass is 9.83. The number of carbonyl (C=O) groups excluding carboxylic acids is 2. The molecule has 1 saturated heterocycles. The highest BCUT2D eigenvalue weighted by Crippen LogP contribution is 2.47. The van der Waals surface area contributed by atoms with E-state index in [9.17, 15) is 28.0 Å². The quantitative estimate of drug-likeness (QED) is 0.179. The van der Waals surface area contributed by atoms with Crippen LogP contribution < -0.4 is 4.90 Å². The monoisotopic (exact) mass is 696 g/mol. The molecule has 1 aromatic heterocycles. The number of hydrogen-bond acceptors (Lipinski definition) is 5. The van der Waals surface area contributed by atoms with Crippen LogP contribution in [0.4, 0.5) is 23.7 Å². The fourth-order valence-corrected chi connectivity index (χ4v) is 6.66. The first-order valence-electron chi connectivity index (χ1n) is 14.7. The summed E-state index contributed by atoms with van der Waals surface area (Å²) in [5, 5.41) is 14.7. The van der Waals surface area contributed by atoms with Crippen LogP contribution in [-0.4, -0.2) is 44.8 Å². The number of allylic oxidation sites excluding steroid dienone is 1. The highest BCUT2D eigenvalue weighted by atomic mass is 79.9. The Balaban J connectivity index is 1.65. The molecule has 4 aromatic rings. The molecular weight excluding hydrogens is 665 g/mol. The topological polar surface area (TPSA) is 87.9 Å². The zero-order chi connectivity index (χ0) is 32.8. The van der Waals surface area contributed by atoms with Crippen LogP contribution in [0.3, 0.4) is 0 Å². The molecule has 0 radical (unpaired) electrons. The van der Waals surface area contributed by atoms with Gasteiger partial charge < -0.3 is 14.8 Å². The molecule has 0 unspecified atom stereocenters. The van der Waals surface area contributed by atoms with E-state index in [0.717, 1.165) is 22.2 Å². The molecule has 12 heteroatoms. The minimum Gasteiger partial charge on any atom is -0.445 e. The van der Waals surface area contributed by atoms with Crippen molar-refractivity contribution in [2.24, 2.45) is 0 Å². The van der Waals surface area contributed by atoms with Crippen molar-refractivity contribution in [3.05, 3.63) is 130 Å². The largest absolute Gasteiger partial charge is 0.472 e. The number of rotatable bonds is 9. The van der Waals surface area contributed by atoms with Crippen molar-refractivity contribution in [2.75, 3.05) is 11.4 Å². The van der Waals surface area contributed by atoms with Crippen molar-refractivity contribution in [1.82, 2.24) is 14.8 Å². The molecule has 1 aliphatic heterocycles. The van der Waals surface area contributed by atoms with Gasteiger partial charge in [-0.3, -0.25) is 9.69 Å². The van der Waals surface area contributed by atoms with Gasteiger partial charge in [-0.2, -0.15) is 13.2 Å². The first-order chi connectivity index (χ1) is 22.1. The predicted molar refractivity (Wildman–Crippen MR) is 169 cm³/mol. The molecule has 0 saturated carbocycles. The molecule has 1 N–H and O–H groups in total. The average Bonchev–Trinajstić information content (AvgIpc) is 3.71. The van der Waals surface area contributed by atoms with Crippen LogP contribution in [0.1, 0.15) is 59.7 Å². The van der Waals surface area contributed by atoms with E-state index >= 15 is 0 Å². The Morgan fingerprint density at radius 2 is 1.74 bits per heavy atom. The summed E-state index contributed by atoms with van der Waals surface area (Å²) in [5.74, 6) is -2.60. The molecule has 0 aliphatic carbocycles. The number of likely N-dealkylation sites (tertiary alicyclic amines) is 1. The number of nitrogens with zero attached hydrogens (tertiary/aromatic N) is 4. The van der Waals surface area contributed by atoms with Crippen molar-refractivity contribution in [2.45, 2.75) is 50.9 Å². The number of alkyl halides is 3. The third-order valence-corrected chi connectivity index (χ3v) is 8.74. The second kappa shape index (κ2) is 14.2. The summed E-state index contributed by atoms with van der Waals surface area (Å²) in [6, 6.07) is 22.9. The third kappa shape index (κ3) is 7.12. The molecule has 8 nitrogen and oxygen atoms in total. The molecule has 5 rings (SSSR count). The van der Waals surface area contributed by atoms with Gasteiger partial charge in [-0.25, -0.2) is 4.79 Å². The minimum atomic E-state index is -5.14. The van der Waals surface area contributed by atoms with Crippen molar-refractivity contribution in [3.63, 3.8) is 0 Å². The summed E-state index contributed by atoms with van der Waals surface area (Å²) >= 11 is 3.58. The van der Waals surface area contributed by atoms with Gasteiger partial charge >= 0.3 is 18.2 Å². The van der Waals surface area contributed by atoms with Gasteiger partial charge in [0.1, 0.15) is 6.61 Å². The van der Waals surface area contributed by atoms with Crippen LogP contribution in [0.25, 0.3) is 0 Å². The van der Waals surface area contributed by atoms with E-state index in [2.05, 4.69) is 21.0 Å². The minimum absolute atomic E-state index is 0.0420. The number of amides is 2. The lowest BCUT2D eigenvalue weighted by Gasteiger charge is -2.32. The van der Waals surface area contributed by atoms with Gasteiger partial charge in [0.05, 0.1) is 23.6 Å². The van der Waals surface area contributed by atoms with Crippen LogP contribution >= 0.6 is 15.9 Å². The summed E-state index contributed by atoms with van der Waals surface area (Å²) in [7, 11) is 0. The zero-order valence-corrected chi connectivity index (χ0v) is 26.5. The third-order valence-electron chi connectivity index (χ3n) is 7.91. The van der Waals surface area contributed by atoms with Crippen molar-refractivity contribution in [1.29, 1.82) is 0 Å². The number of halogens is 4. The molecule has 1 fully saturated rings. The van der Waals surface area contributed by atoms with Crippen LogP contribution in [0.2, 0.25) is 0 Å². The number of aromatic nitrogens is 2. The van der Waals surface area contributed by atoms with Gasteiger partial charge in [-0.1, -0.05) is 72.8 Å². The summed E-state index contributed by atoms with van der Waals surface area (Å²) < 4.78 is 47.2. The molecule has 2 atom stereocenters. The summed E-state index contributed by atoms with van der Waals surface area (Å²) in [6.07, 6.45) is -0.355. The van der Waals surface area contributed by atoms with Gasteiger partial charge in [0.15, 0.2) is 0 Å². The first-order valence-corrected chi connectivity index (χ1v) is 15.5. The Kier molecular flexibility index (Phi) is 10.2. The Morgan fingerprint density at radius 1 is 1.07 bits per heavy atom. The number of ether oxygens (including phenoxy) is 1. The van der Waals surface area contributed by atoms with Crippen molar-refractivity contribution in [3.8, 4) is 0 Å². The smallest absolute Gasteiger partial charge is 0.445 e. The standard InChI is InChI=1S/C34H32BrF3N4O4/c1-2-19-40(32(43)34(36,37)38)29-16-15-25(26(27-17-18-39-42(27)45)21-23-10-5-3-6-11-23)30(31(29)35)28-14-9-20-41(28)33(44)46-22-24-12-7-4-8-13-24/h2-8,10-13,15-19,26,28,45H,9,14,20-22H2,1H3/b19-2+/t26-,28-/m1/s1. The maximum Gasteiger partial charge on any atom is 0.472 e. The van der Waals surface area contributed by atoms with Gasteiger partial charge in [-0.15, -0.1) is 9.94 Å². The van der Waals surface area contributed by atoms with Gasteiger partial charge in [0.2, 0.25) is 0 Å². The molecule has 2 heterocycles. The number of hydrogen-bond donors (Lipinski definition) is 1. The van der Waals surface area contributed by atoms with E-state index < -0.39 is 30.1 Å². The number of benzene rings is 3. The maximum atomic E-state index is 13.8. The maximum absolute atomic E-state index is 13.8. The zero-order valence-electron chi connectivity index (χ0n) is 24.9. The highest BCUT2D eigenvalue weighted by Gasteiger charge is 2.44. The Labute approximate surface area is 272 Å². The SMILES string of the molecule is C/C=C/N(C(=O)C(F)(F)F)c1ccc([C@@H](Cc2ccccc2)c2ccnn2O)c([C@H]2CCCN2C(=O)OCc2ccccc2)c1Br.